The van der Waals surface area contributed by atoms with Crippen LogP contribution in [0.15, 0.2) is 97.2 Å². The summed E-state index contributed by atoms with van der Waals surface area (Å²) in [6.45, 7) is 6.22. The average Bonchev–Trinajstić information content (AvgIpc) is 3.29. The van der Waals surface area contributed by atoms with Gasteiger partial charge in [0.25, 0.3) is 0 Å². The third-order valence-corrected chi connectivity index (χ3v) is 11.4. The van der Waals surface area contributed by atoms with Crippen LogP contribution in [0.2, 0.25) is 0 Å². The molecule has 0 aliphatic carbocycles. The molecule has 366 valence electrons. The number of carbonyl (C=O) groups excluding carboxylic acids is 2. The summed E-state index contributed by atoms with van der Waals surface area (Å²) in [5.41, 5.74) is 0. The molecule has 0 spiro atoms. The summed E-state index contributed by atoms with van der Waals surface area (Å²) >= 11 is 0. The van der Waals surface area contributed by atoms with Gasteiger partial charge in [-0.3, -0.25) is 9.59 Å². The van der Waals surface area contributed by atoms with Gasteiger partial charge in [0.05, 0.1) is 25.2 Å². The number of unbranched alkanes of at least 4 members (excludes halogenated alkanes) is 20. The largest absolute Gasteiger partial charge is 0.458 e. The van der Waals surface area contributed by atoms with E-state index < -0.39 is 18.2 Å². The number of carbonyl (C=O) groups is 2. The number of aliphatic hydroxyl groups is 2. The van der Waals surface area contributed by atoms with Crippen LogP contribution < -0.4 is 5.32 Å². The van der Waals surface area contributed by atoms with Gasteiger partial charge in [-0.05, 0) is 83.1 Å². The van der Waals surface area contributed by atoms with Crippen molar-refractivity contribution in [1.82, 2.24) is 5.32 Å². The Bertz CT molecular complexity index is 1270. The average molecular weight is 890 g/mol. The van der Waals surface area contributed by atoms with E-state index >= 15 is 0 Å². The lowest BCUT2D eigenvalue weighted by atomic mass is 10.0. The molecule has 0 aliphatic heterocycles. The van der Waals surface area contributed by atoms with Crippen LogP contribution in [0.4, 0.5) is 0 Å². The first-order valence-corrected chi connectivity index (χ1v) is 26.5. The predicted molar refractivity (Wildman–Crippen MR) is 277 cm³/mol. The lowest BCUT2D eigenvalue weighted by Gasteiger charge is -2.23. The van der Waals surface area contributed by atoms with Crippen LogP contribution >= 0.6 is 0 Å². The van der Waals surface area contributed by atoms with Crippen LogP contribution in [0.5, 0.6) is 0 Å². The molecule has 0 aliphatic rings. The van der Waals surface area contributed by atoms with E-state index in [1.165, 1.54) is 89.9 Å². The van der Waals surface area contributed by atoms with Gasteiger partial charge in [0.1, 0.15) is 6.10 Å². The van der Waals surface area contributed by atoms with Crippen molar-refractivity contribution in [1.29, 1.82) is 0 Å². The molecule has 0 fully saturated rings. The summed E-state index contributed by atoms with van der Waals surface area (Å²) < 4.78 is 5.81. The van der Waals surface area contributed by atoms with Gasteiger partial charge in [-0.25, -0.2) is 0 Å². The van der Waals surface area contributed by atoms with E-state index in [9.17, 15) is 19.8 Å². The fraction of sp³-hybridized carbons (Fsp3) is 0.690. The number of allylic oxidation sites excluding steroid dienone is 15. The molecule has 0 saturated carbocycles. The van der Waals surface area contributed by atoms with Crippen LogP contribution in [0.3, 0.4) is 0 Å². The number of aliphatic hydroxyl groups excluding tert-OH is 2. The molecular weight excluding hydrogens is 791 g/mol. The molecule has 6 nitrogen and oxygen atoms in total. The smallest absolute Gasteiger partial charge is 0.306 e. The second kappa shape index (κ2) is 50.8. The van der Waals surface area contributed by atoms with Crippen LogP contribution in [0.25, 0.3) is 0 Å². The Hall–Kier alpha value is -3.22. The van der Waals surface area contributed by atoms with Crippen molar-refractivity contribution >= 4 is 11.9 Å². The zero-order valence-corrected chi connectivity index (χ0v) is 41.6. The predicted octanol–water partition coefficient (Wildman–Crippen LogP) is 16.1. The van der Waals surface area contributed by atoms with Gasteiger partial charge >= 0.3 is 5.97 Å². The highest BCUT2D eigenvalue weighted by Gasteiger charge is 2.23. The Labute approximate surface area is 395 Å². The maximum absolute atomic E-state index is 13.2. The van der Waals surface area contributed by atoms with Crippen molar-refractivity contribution in [2.75, 3.05) is 6.61 Å². The molecule has 0 heterocycles. The molecule has 0 aromatic rings. The number of hydrogen-bond acceptors (Lipinski definition) is 5. The summed E-state index contributed by atoms with van der Waals surface area (Å²) in [4.78, 5) is 26.1. The highest BCUT2D eigenvalue weighted by Crippen LogP contribution is 2.16. The number of ether oxygens (including phenoxy) is 1. The molecule has 1 amide bonds. The molecular formula is C58H99NO5. The van der Waals surface area contributed by atoms with Crippen LogP contribution in [-0.4, -0.2) is 46.9 Å². The Morgan fingerprint density at radius 2 is 0.875 bits per heavy atom. The highest BCUT2D eigenvalue weighted by atomic mass is 16.5. The Morgan fingerprint density at radius 3 is 1.33 bits per heavy atom. The number of nitrogens with one attached hydrogen (secondary N) is 1. The summed E-state index contributed by atoms with van der Waals surface area (Å²) in [5, 5.41) is 23.8. The first-order chi connectivity index (χ1) is 31.5. The van der Waals surface area contributed by atoms with Crippen molar-refractivity contribution in [2.24, 2.45) is 0 Å². The van der Waals surface area contributed by atoms with Crippen molar-refractivity contribution in [3.63, 3.8) is 0 Å². The fourth-order valence-electron chi connectivity index (χ4n) is 7.46. The van der Waals surface area contributed by atoms with Gasteiger partial charge in [-0.1, -0.05) is 234 Å². The van der Waals surface area contributed by atoms with Crippen LogP contribution in [0, 0.1) is 0 Å². The molecule has 3 unspecified atom stereocenters. The molecule has 0 aromatic carbocycles. The topological polar surface area (TPSA) is 95.9 Å². The molecule has 64 heavy (non-hydrogen) atoms. The van der Waals surface area contributed by atoms with E-state index in [1.807, 2.05) is 6.08 Å². The van der Waals surface area contributed by atoms with Gasteiger partial charge in [-0.15, -0.1) is 0 Å². The monoisotopic (exact) mass is 890 g/mol. The minimum absolute atomic E-state index is 0.0598. The van der Waals surface area contributed by atoms with Crippen molar-refractivity contribution in [3.05, 3.63) is 97.2 Å². The molecule has 0 radical (unpaired) electrons. The standard InChI is InChI=1S/C58H99NO5/c1-4-7-10-13-16-19-22-25-28-29-30-32-35-38-41-44-47-50-56(61)55(53-60)59-57(62)52-54(49-46-43-40-37-34-31-26-23-20-17-14-11-8-5-2)64-58(63)51-48-45-42-39-36-33-27-24-21-18-15-12-9-6-3/h8-9,11-12,17-18,20-21,26-27,31,33,37,40,46,49,54-56,60-61H,4-7,10,13-16,19,22-25,28-30,32,34-36,38-39,41-45,47-48,50-53H2,1-3H3,(H,59,62)/b11-8+,12-9+,20-17+,21-18+,31-26+,33-27+,40-37+,49-46+. The molecule has 3 atom stereocenters. The van der Waals surface area contributed by atoms with E-state index in [2.05, 4.69) is 111 Å². The fourth-order valence-corrected chi connectivity index (χ4v) is 7.46. The third-order valence-electron chi connectivity index (χ3n) is 11.4. The van der Waals surface area contributed by atoms with Crippen molar-refractivity contribution in [2.45, 2.75) is 251 Å². The number of esters is 1. The number of rotatable bonds is 46. The van der Waals surface area contributed by atoms with Crippen molar-refractivity contribution < 1.29 is 24.5 Å². The van der Waals surface area contributed by atoms with Gasteiger partial charge in [0, 0.05) is 6.42 Å². The normalized spacial score (nSPS) is 14.0. The molecule has 0 rings (SSSR count). The third kappa shape index (κ3) is 45.4. The first kappa shape index (κ1) is 60.8. The molecule has 6 heteroatoms. The lowest BCUT2D eigenvalue weighted by molar-refractivity contribution is -0.148. The van der Waals surface area contributed by atoms with E-state index in [-0.39, 0.29) is 24.9 Å². The second-order valence-electron chi connectivity index (χ2n) is 17.5. The van der Waals surface area contributed by atoms with Crippen LogP contribution in [0.1, 0.15) is 233 Å². The molecule has 3 N–H and O–H groups in total. The van der Waals surface area contributed by atoms with Gasteiger partial charge in [-0.2, -0.15) is 0 Å². The van der Waals surface area contributed by atoms with Gasteiger partial charge in [0.15, 0.2) is 0 Å². The highest BCUT2D eigenvalue weighted by molar-refractivity contribution is 5.78. The Kier molecular flexibility index (Phi) is 48.2. The Balaban J connectivity index is 4.70. The van der Waals surface area contributed by atoms with E-state index in [0.29, 0.717) is 19.3 Å². The SMILES string of the molecule is CC/C=C/C/C=C/C/C=C/C/C=C/C/C=C/C(CC(=O)NC(CO)C(O)CCCCCCCCCCCCCCCCCCC)OC(=O)CCCCCC/C=C/C/C=C/C/C=C/CC. The van der Waals surface area contributed by atoms with E-state index in [1.54, 1.807) is 6.08 Å². The van der Waals surface area contributed by atoms with Crippen molar-refractivity contribution in [3.8, 4) is 0 Å². The quantitative estimate of drug-likeness (QED) is 0.0321. The lowest BCUT2D eigenvalue weighted by Crippen LogP contribution is -2.46. The van der Waals surface area contributed by atoms with Gasteiger partial charge in [0.2, 0.25) is 5.91 Å². The molecule has 0 bridgehead atoms. The first-order valence-electron chi connectivity index (χ1n) is 26.5. The zero-order valence-electron chi connectivity index (χ0n) is 41.6. The molecule has 0 aromatic heterocycles. The van der Waals surface area contributed by atoms with Crippen LogP contribution in [-0.2, 0) is 14.3 Å². The number of amides is 1. The zero-order chi connectivity index (χ0) is 46.7. The summed E-state index contributed by atoms with van der Waals surface area (Å²) in [5.74, 6) is -0.660. The van der Waals surface area contributed by atoms with E-state index in [0.717, 1.165) is 96.3 Å². The summed E-state index contributed by atoms with van der Waals surface area (Å²) in [6.07, 6.45) is 67.9. The minimum atomic E-state index is -0.828. The number of hydrogen-bond donors (Lipinski definition) is 3. The second-order valence-corrected chi connectivity index (χ2v) is 17.5. The van der Waals surface area contributed by atoms with E-state index in [4.69, 9.17) is 4.74 Å². The minimum Gasteiger partial charge on any atom is -0.458 e. The summed E-state index contributed by atoms with van der Waals surface area (Å²) in [7, 11) is 0. The maximum Gasteiger partial charge on any atom is 0.306 e. The summed E-state index contributed by atoms with van der Waals surface area (Å²) in [6, 6.07) is -0.752. The molecule has 0 saturated heterocycles. The van der Waals surface area contributed by atoms with Gasteiger partial charge < -0.3 is 20.3 Å². The Morgan fingerprint density at radius 1 is 0.484 bits per heavy atom. The maximum atomic E-state index is 13.2.